The highest BCUT2D eigenvalue weighted by atomic mass is 35.5. The average molecular weight is 423 g/mol. The fourth-order valence-electron chi connectivity index (χ4n) is 3.13. The molecule has 0 bridgehead atoms. The topological polar surface area (TPSA) is 42.3 Å². The van der Waals surface area contributed by atoms with Gasteiger partial charge in [-0.3, -0.25) is 14.5 Å². The molecule has 2 aromatic carbocycles. The molecule has 0 aliphatic carbocycles. The van der Waals surface area contributed by atoms with Crippen LogP contribution in [0.15, 0.2) is 65.7 Å². The van der Waals surface area contributed by atoms with E-state index in [-0.39, 0.29) is 17.7 Å². The van der Waals surface area contributed by atoms with Crippen LogP contribution in [0.2, 0.25) is 5.02 Å². The van der Waals surface area contributed by atoms with Crippen LogP contribution < -0.4 is 0 Å². The smallest absolute Gasteiger partial charge is 0.293 e. The Bertz CT molecular complexity index is 1130. The van der Waals surface area contributed by atoms with Gasteiger partial charge in [0.05, 0.1) is 11.4 Å². The number of carbonyl (C=O) groups is 2. The fraction of sp³-hybridized carbons (Fsp3) is 0.130. The normalized spacial score (nSPS) is 15.6. The Hall–Kier alpha value is -2.76. The average Bonchev–Trinajstić information content (AvgIpc) is 3.26. The number of amides is 2. The molecule has 0 N–H and O–H groups in total. The maximum atomic E-state index is 12.8. The number of aromatic nitrogens is 1. The van der Waals surface area contributed by atoms with E-state index in [9.17, 15) is 9.59 Å². The van der Waals surface area contributed by atoms with Gasteiger partial charge in [-0.1, -0.05) is 47.5 Å². The summed E-state index contributed by atoms with van der Waals surface area (Å²) in [6.07, 6.45) is 3.66. The Balaban J connectivity index is 1.60. The number of hydrogen-bond donors (Lipinski definition) is 0. The maximum Gasteiger partial charge on any atom is 0.293 e. The summed E-state index contributed by atoms with van der Waals surface area (Å²) in [6, 6.07) is 17.4. The fourth-order valence-corrected chi connectivity index (χ4v) is 4.12. The third kappa shape index (κ3) is 4.02. The zero-order valence-electron chi connectivity index (χ0n) is 16.1. The summed E-state index contributed by atoms with van der Waals surface area (Å²) in [7, 11) is 0. The number of imide groups is 1. The molecule has 29 heavy (non-hydrogen) atoms. The summed E-state index contributed by atoms with van der Waals surface area (Å²) >= 11 is 7.23. The molecule has 1 saturated heterocycles. The van der Waals surface area contributed by atoms with Crippen molar-refractivity contribution in [2.45, 2.75) is 20.4 Å². The first-order chi connectivity index (χ1) is 13.9. The van der Waals surface area contributed by atoms with Crippen LogP contribution in [0.25, 0.3) is 11.8 Å². The SMILES string of the molecule is Cc1ccc(CN2C(=O)S/C(=C\c3cccn3-c3ccc(C)c(Cl)c3)C2=O)cc1. The van der Waals surface area contributed by atoms with Gasteiger partial charge >= 0.3 is 0 Å². The lowest BCUT2D eigenvalue weighted by Gasteiger charge is -2.12. The predicted octanol–water partition coefficient (Wildman–Crippen LogP) is 5.98. The maximum absolute atomic E-state index is 12.8. The molecule has 0 spiro atoms. The monoisotopic (exact) mass is 422 g/mol. The van der Waals surface area contributed by atoms with Gasteiger partial charge in [-0.05, 0) is 67.1 Å². The van der Waals surface area contributed by atoms with E-state index in [2.05, 4.69) is 0 Å². The van der Waals surface area contributed by atoms with Crippen molar-refractivity contribution in [3.8, 4) is 5.69 Å². The second-order valence-corrected chi connectivity index (χ2v) is 8.39. The summed E-state index contributed by atoms with van der Waals surface area (Å²) in [5.41, 5.74) is 4.78. The van der Waals surface area contributed by atoms with E-state index < -0.39 is 0 Å². The molecule has 6 heteroatoms. The van der Waals surface area contributed by atoms with Crippen LogP contribution in [0.4, 0.5) is 4.79 Å². The molecule has 0 atom stereocenters. The van der Waals surface area contributed by atoms with Crippen molar-refractivity contribution >= 4 is 40.6 Å². The van der Waals surface area contributed by atoms with E-state index >= 15 is 0 Å². The van der Waals surface area contributed by atoms with Crippen molar-refractivity contribution in [3.05, 3.63) is 93.1 Å². The molecular weight excluding hydrogens is 404 g/mol. The van der Waals surface area contributed by atoms with E-state index in [0.29, 0.717) is 9.93 Å². The summed E-state index contributed by atoms with van der Waals surface area (Å²) in [5, 5.41) is 0.430. The number of thioether (sulfide) groups is 1. The Morgan fingerprint density at radius 1 is 1.03 bits per heavy atom. The lowest BCUT2D eigenvalue weighted by Crippen LogP contribution is -2.27. The van der Waals surface area contributed by atoms with Gasteiger partial charge in [-0.2, -0.15) is 0 Å². The van der Waals surface area contributed by atoms with E-state index in [1.54, 1.807) is 6.08 Å². The third-order valence-corrected chi connectivity index (χ3v) is 6.14. The predicted molar refractivity (Wildman–Crippen MR) is 118 cm³/mol. The van der Waals surface area contributed by atoms with Crippen LogP contribution in [0.3, 0.4) is 0 Å². The first-order valence-electron chi connectivity index (χ1n) is 9.17. The summed E-state index contributed by atoms with van der Waals surface area (Å²) < 4.78 is 1.94. The Morgan fingerprint density at radius 2 is 1.79 bits per heavy atom. The second kappa shape index (κ2) is 7.93. The largest absolute Gasteiger partial charge is 0.317 e. The highest BCUT2D eigenvalue weighted by Gasteiger charge is 2.35. The second-order valence-electron chi connectivity index (χ2n) is 6.99. The van der Waals surface area contributed by atoms with Crippen LogP contribution in [0, 0.1) is 13.8 Å². The van der Waals surface area contributed by atoms with E-state index in [4.69, 9.17) is 11.6 Å². The van der Waals surface area contributed by atoms with E-state index in [1.165, 1.54) is 4.90 Å². The Labute approximate surface area is 178 Å². The van der Waals surface area contributed by atoms with E-state index in [0.717, 1.165) is 39.8 Å². The van der Waals surface area contributed by atoms with Crippen molar-refractivity contribution in [2.75, 3.05) is 0 Å². The minimum Gasteiger partial charge on any atom is -0.317 e. The van der Waals surface area contributed by atoms with Crippen molar-refractivity contribution in [2.24, 2.45) is 0 Å². The van der Waals surface area contributed by atoms with Gasteiger partial charge < -0.3 is 4.57 Å². The van der Waals surface area contributed by atoms with Gasteiger partial charge in [0.15, 0.2) is 0 Å². The highest BCUT2D eigenvalue weighted by molar-refractivity contribution is 8.18. The van der Waals surface area contributed by atoms with Crippen molar-refractivity contribution in [3.63, 3.8) is 0 Å². The number of benzene rings is 2. The van der Waals surface area contributed by atoms with Gasteiger partial charge in [0.1, 0.15) is 0 Å². The number of hydrogen-bond acceptors (Lipinski definition) is 3. The third-order valence-electron chi connectivity index (χ3n) is 4.83. The van der Waals surface area contributed by atoms with Crippen LogP contribution in [-0.2, 0) is 11.3 Å². The van der Waals surface area contributed by atoms with Crippen LogP contribution in [0.5, 0.6) is 0 Å². The Kier molecular flexibility index (Phi) is 5.35. The number of nitrogens with zero attached hydrogens (tertiary/aromatic N) is 2. The lowest BCUT2D eigenvalue weighted by molar-refractivity contribution is -0.123. The number of aryl methyl sites for hydroxylation is 2. The number of rotatable bonds is 4. The molecule has 1 fully saturated rings. The molecule has 146 valence electrons. The molecular formula is C23H19ClN2O2S. The van der Waals surface area contributed by atoms with E-state index in [1.807, 2.05) is 79.2 Å². The summed E-state index contributed by atoms with van der Waals surface area (Å²) in [6.45, 7) is 4.23. The molecule has 4 nitrogen and oxygen atoms in total. The zero-order valence-corrected chi connectivity index (χ0v) is 17.6. The minimum atomic E-state index is -0.268. The van der Waals surface area contributed by atoms with Crippen molar-refractivity contribution < 1.29 is 9.59 Å². The molecule has 1 aliphatic heterocycles. The summed E-state index contributed by atoms with van der Waals surface area (Å²) in [4.78, 5) is 27.0. The minimum absolute atomic E-state index is 0.252. The van der Waals surface area contributed by atoms with Gasteiger partial charge in [-0.15, -0.1) is 0 Å². The van der Waals surface area contributed by atoms with Gasteiger partial charge in [0, 0.05) is 22.6 Å². The van der Waals surface area contributed by atoms with Crippen LogP contribution >= 0.6 is 23.4 Å². The van der Waals surface area contributed by atoms with Crippen LogP contribution in [0.1, 0.15) is 22.4 Å². The van der Waals surface area contributed by atoms with Crippen molar-refractivity contribution in [1.82, 2.24) is 9.47 Å². The standard InChI is InChI=1S/C23H19ClN2O2S/c1-15-5-8-17(9-6-15)14-26-22(27)21(29-23(26)28)13-18-4-3-11-25(18)19-10-7-16(2)20(24)12-19/h3-13H,14H2,1-2H3/b21-13-. The van der Waals surface area contributed by atoms with Gasteiger partial charge in [-0.25, -0.2) is 0 Å². The molecule has 4 rings (SSSR count). The van der Waals surface area contributed by atoms with Gasteiger partial charge in [0.2, 0.25) is 0 Å². The van der Waals surface area contributed by atoms with Crippen molar-refractivity contribution in [1.29, 1.82) is 0 Å². The molecule has 1 aliphatic rings. The lowest BCUT2D eigenvalue weighted by atomic mass is 10.1. The zero-order chi connectivity index (χ0) is 20.5. The first-order valence-corrected chi connectivity index (χ1v) is 10.4. The number of halogens is 1. The highest BCUT2D eigenvalue weighted by Crippen LogP contribution is 2.34. The molecule has 0 saturated carbocycles. The quantitative estimate of drug-likeness (QED) is 0.485. The number of carbonyl (C=O) groups excluding carboxylic acids is 2. The molecule has 3 aromatic rings. The summed E-state index contributed by atoms with van der Waals surface area (Å²) in [5.74, 6) is -0.268. The molecule has 0 unspecified atom stereocenters. The molecule has 0 radical (unpaired) electrons. The molecule has 2 heterocycles. The Morgan fingerprint density at radius 3 is 2.52 bits per heavy atom. The van der Waals surface area contributed by atoms with Crippen LogP contribution in [-0.4, -0.2) is 20.6 Å². The molecule has 2 amide bonds. The molecule has 1 aromatic heterocycles. The first kappa shape index (κ1) is 19.6. The van der Waals surface area contributed by atoms with Gasteiger partial charge in [0.25, 0.3) is 11.1 Å².